The number of nitrogens with zero attached hydrogens (tertiary/aromatic N) is 2. The number of nitrogens with one attached hydrogen (secondary N) is 2. The quantitative estimate of drug-likeness (QED) is 0.712. The van der Waals surface area contributed by atoms with Crippen molar-refractivity contribution in [2.24, 2.45) is 0 Å². The molecule has 27 heavy (non-hydrogen) atoms. The zero-order valence-electron chi connectivity index (χ0n) is 15.7. The fourth-order valence-electron chi connectivity index (χ4n) is 3.63. The molecule has 4 rings (SSSR count). The van der Waals surface area contributed by atoms with E-state index in [9.17, 15) is 0 Å². The summed E-state index contributed by atoms with van der Waals surface area (Å²) >= 11 is 1.72. The Morgan fingerprint density at radius 2 is 2.22 bits per heavy atom. The lowest BCUT2D eigenvalue weighted by Crippen LogP contribution is -2.18. The van der Waals surface area contributed by atoms with Crippen LogP contribution in [0.4, 0.5) is 5.82 Å². The molecular weight excluding hydrogens is 352 g/mol. The fourth-order valence-corrected chi connectivity index (χ4v) is 4.62. The van der Waals surface area contributed by atoms with E-state index in [1.807, 2.05) is 0 Å². The second-order valence-electron chi connectivity index (χ2n) is 7.14. The number of aromatic nitrogens is 2. The molecule has 0 fully saturated rings. The lowest BCUT2D eigenvalue weighted by molar-refractivity contribution is 0.688. The van der Waals surface area contributed by atoms with Gasteiger partial charge in [0.2, 0.25) is 0 Å². The number of hydrogen-bond acceptors (Lipinski definition) is 5. The van der Waals surface area contributed by atoms with Crippen LogP contribution in [0.1, 0.15) is 38.2 Å². The highest BCUT2D eigenvalue weighted by Gasteiger charge is 2.15. The molecule has 3 heterocycles. The minimum absolute atomic E-state index is 0.345. The summed E-state index contributed by atoms with van der Waals surface area (Å²) in [5.41, 5.74) is 4.98. The normalized spacial score (nSPS) is 18.6. The lowest BCUT2D eigenvalue weighted by atomic mass is 10.0. The second-order valence-corrected chi connectivity index (χ2v) is 8.02. The van der Waals surface area contributed by atoms with E-state index in [-0.39, 0.29) is 0 Å². The summed E-state index contributed by atoms with van der Waals surface area (Å²) in [5.74, 6) is 0.949. The van der Waals surface area contributed by atoms with Crippen molar-refractivity contribution < 1.29 is 0 Å². The number of anilines is 1. The van der Waals surface area contributed by atoms with Crippen LogP contribution in [0.15, 0.2) is 53.7 Å². The molecule has 1 aliphatic carbocycles. The first-order valence-corrected chi connectivity index (χ1v) is 10.6. The molecule has 0 unspecified atom stereocenters. The first-order chi connectivity index (χ1) is 13.3. The van der Waals surface area contributed by atoms with Gasteiger partial charge >= 0.3 is 0 Å². The Morgan fingerprint density at radius 1 is 1.26 bits per heavy atom. The van der Waals surface area contributed by atoms with Crippen molar-refractivity contribution >= 4 is 32.9 Å². The Bertz CT molecular complexity index is 920. The van der Waals surface area contributed by atoms with Gasteiger partial charge in [-0.05, 0) is 51.3 Å². The zero-order valence-corrected chi connectivity index (χ0v) is 16.6. The molecule has 2 aliphatic rings. The molecular formula is C22H26N4S. The maximum Gasteiger partial charge on any atom is 0.147 e. The smallest absolute Gasteiger partial charge is 0.147 e. The van der Waals surface area contributed by atoms with Crippen molar-refractivity contribution in [2.75, 3.05) is 18.4 Å². The van der Waals surface area contributed by atoms with E-state index in [2.05, 4.69) is 69.4 Å². The van der Waals surface area contributed by atoms with Crippen LogP contribution in [-0.2, 0) is 0 Å². The summed E-state index contributed by atoms with van der Waals surface area (Å²) in [7, 11) is 0. The minimum Gasteiger partial charge on any atom is -0.366 e. The average molecular weight is 379 g/mol. The van der Waals surface area contributed by atoms with Crippen molar-refractivity contribution in [3.05, 3.63) is 59.3 Å². The Morgan fingerprint density at radius 3 is 3.19 bits per heavy atom. The monoisotopic (exact) mass is 378 g/mol. The summed E-state index contributed by atoms with van der Waals surface area (Å²) in [6, 6.07) is 0.345. The highest BCUT2D eigenvalue weighted by molar-refractivity contribution is 7.18. The van der Waals surface area contributed by atoms with Gasteiger partial charge in [-0.3, -0.25) is 0 Å². The Balaban J connectivity index is 1.55. The van der Waals surface area contributed by atoms with Gasteiger partial charge in [0, 0.05) is 17.0 Å². The van der Waals surface area contributed by atoms with Gasteiger partial charge < -0.3 is 10.6 Å². The summed E-state index contributed by atoms with van der Waals surface area (Å²) in [4.78, 5) is 9.12. The molecule has 1 aliphatic heterocycles. The van der Waals surface area contributed by atoms with Gasteiger partial charge in [0.15, 0.2) is 0 Å². The number of rotatable bonds is 5. The predicted octanol–water partition coefficient (Wildman–Crippen LogP) is 5.09. The fraction of sp³-hybridized carbons (Fsp3) is 0.364. The van der Waals surface area contributed by atoms with E-state index < -0.39 is 0 Å². The average Bonchev–Trinajstić information content (AvgIpc) is 2.84. The molecule has 0 spiro atoms. The SMILES string of the molecule is C[C@@H](CC1=CCCNCC1)Nc1ncnc2c(C3=CC=CCC=C3)csc12. The summed E-state index contributed by atoms with van der Waals surface area (Å²) in [6.07, 6.45) is 19.2. The molecule has 5 heteroatoms. The zero-order chi connectivity index (χ0) is 18.5. The largest absolute Gasteiger partial charge is 0.366 e. The van der Waals surface area contributed by atoms with Crippen molar-refractivity contribution in [2.45, 2.75) is 38.6 Å². The lowest BCUT2D eigenvalue weighted by Gasteiger charge is -2.16. The summed E-state index contributed by atoms with van der Waals surface area (Å²) in [5, 5.41) is 9.28. The van der Waals surface area contributed by atoms with E-state index in [1.54, 1.807) is 17.7 Å². The van der Waals surface area contributed by atoms with Crippen LogP contribution in [0.3, 0.4) is 0 Å². The number of thiophene rings is 1. The minimum atomic E-state index is 0.345. The molecule has 0 aromatic carbocycles. The van der Waals surface area contributed by atoms with Crippen LogP contribution in [0, 0.1) is 0 Å². The van der Waals surface area contributed by atoms with Crippen molar-refractivity contribution in [1.29, 1.82) is 0 Å². The van der Waals surface area contributed by atoms with E-state index in [1.165, 1.54) is 16.7 Å². The third-order valence-corrected chi connectivity index (χ3v) is 5.95. The molecule has 2 aromatic heterocycles. The second kappa shape index (κ2) is 8.63. The standard InChI is InChI=1S/C22H26N4S/c1-16(13-17-7-6-11-23-12-10-17)26-22-21-20(24-15-25-22)19(14-27-21)18-8-4-2-3-5-9-18/h2,4-5,7-9,14-16,23H,3,6,10-13H2,1H3,(H,24,25,26)/t16-/m0/s1. The molecule has 0 saturated carbocycles. The van der Waals surface area contributed by atoms with Crippen LogP contribution in [0.25, 0.3) is 15.8 Å². The maximum absolute atomic E-state index is 4.58. The molecule has 2 aromatic rings. The van der Waals surface area contributed by atoms with Crippen molar-refractivity contribution in [3.8, 4) is 0 Å². The van der Waals surface area contributed by atoms with E-state index >= 15 is 0 Å². The van der Waals surface area contributed by atoms with Crippen LogP contribution >= 0.6 is 11.3 Å². The molecule has 0 amide bonds. The van der Waals surface area contributed by atoms with E-state index in [4.69, 9.17) is 0 Å². The molecule has 2 N–H and O–H groups in total. The number of allylic oxidation sites excluding steroid dienone is 6. The molecule has 140 valence electrons. The van der Waals surface area contributed by atoms with E-state index in [0.717, 1.165) is 54.8 Å². The Hall–Kier alpha value is -2.24. The van der Waals surface area contributed by atoms with Gasteiger partial charge in [-0.1, -0.05) is 42.0 Å². The van der Waals surface area contributed by atoms with Crippen LogP contribution in [0.5, 0.6) is 0 Å². The van der Waals surface area contributed by atoms with Gasteiger partial charge in [-0.15, -0.1) is 11.3 Å². The summed E-state index contributed by atoms with van der Waals surface area (Å²) < 4.78 is 1.14. The van der Waals surface area contributed by atoms with Crippen LogP contribution in [0.2, 0.25) is 0 Å². The number of fused-ring (bicyclic) bond motifs is 1. The molecule has 0 saturated heterocycles. The molecule has 1 atom stereocenters. The van der Waals surface area contributed by atoms with Gasteiger partial charge in [-0.25, -0.2) is 9.97 Å². The summed E-state index contributed by atoms with van der Waals surface area (Å²) in [6.45, 7) is 4.42. The van der Waals surface area contributed by atoms with Crippen LogP contribution in [-0.4, -0.2) is 29.1 Å². The Labute approximate surface area is 164 Å². The van der Waals surface area contributed by atoms with Gasteiger partial charge in [0.05, 0.1) is 10.2 Å². The first kappa shape index (κ1) is 18.1. The topological polar surface area (TPSA) is 49.8 Å². The predicted molar refractivity (Wildman–Crippen MR) is 116 cm³/mol. The highest BCUT2D eigenvalue weighted by Crippen LogP contribution is 2.34. The Kier molecular flexibility index (Phi) is 5.80. The first-order valence-electron chi connectivity index (χ1n) is 9.72. The van der Waals surface area contributed by atoms with Crippen LogP contribution < -0.4 is 10.6 Å². The van der Waals surface area contributed by atoms with Crippen molar-refractivity contribution in [1.82, 2.24) is 15.3 Å². The van der Waals surface area contributed by atoms with Gasteiger partial charge in [-0.2, -0.15) is 0 Å². The van der Waals surface area contributed by atoms with Gasteiger partial charge in [0.25, 0.3) is 0 Å². The maximum atomic E-state index is 4.58. The number of hydrogen-bond donors (Lipinski definition) is 2. The van der Waals surface area contributed by atoms with Gasteiger partial charge in [0.1, 0.15) is 12.1 Å². The van der Waals surface area contributed by atoms with E-state index in [0.29, 0.717) is 6.04 Å². The van der Waals surface area contributed by atoms with Crippen molar-refractivity contribution in [3.63, 3.8) is 0 Å². The highest BCUT2D eigenvalue weighted by atomic mass is 32.1. The third kappa shape index (κ3) is 4.37. The third-order valence-electron chi connectivity index (χ3n) is 4.97. The molecule has 0 bridgehead atoms. The molecule has 0 radical (unpaired) electrons. The molecule has 4 nitrogen and oxygen atoms in total.